The van der Waals surface area contributed by atoms with Crippen molar-refractivity contribution in [1.82, 2.24) is 5.32 Å². The first-order chi connectivity index (χ1) is 8.29. The molecule has 4 heteroatoms. The van der Waals surface area contributed by atoms with Gasteiger partial charge in [-0.15, -0.1) is 0 Å². The molecular weight excluding hydrogens is 218 g/mol. The molecule has 1 aromatic carbocycles. The normalized spacial score (nSPS) is 10.0. The van der Waals surface area contributed by atoms with Crippen molar-refractivity contribution < 1.29 is 14.3 Å². The summed E-state index contributed by atoms with van der Waals surface area (Å²) in [7, 11) is 3.23. The van der Waals surface area contributed by atoms with Crippen molar-refractivity contribution in [3.05, 3.63) is 29.8 Å². The Morgan fingerprint density at radius 3 is 2.71 bits per heavy atom. The Balaban J connectivity index is 2.41. The molecule has 0 spiro atoms. The van der Waals surface area contributed by atoms with E-state index in [2.05, 4.69) is 5.32 Å². The molecule has 1 rings (SSSR count). The predicted octanol–water partition coefficient (Wildman–Crippen LogP) is 1.85. The lowest BCUT2D eigenvalue weighted by molar-refractivity contribution is 0.0948. The maximum Gasteiger partial charge on any atom is 0.255 e. The molecule has 0 unspecified atom stereocenters. The number of benzene rings is 1. The van der Waals surface area contributed by atoms with Gasteiger partial charge in [-0.25, -0.2) is 0 Å². The minimum Gasteiger partial charge on any atom is -0.496 e. The molecule has 0 bridgehead atoms. The van der Waals surface area contributed by atoms with Crippen LogP contribution in [0.1, 0.15) is 23.2 Å². The number of carbonyl (C=O) groups excluding carboxylic acids is 1. The lowest BCUT2D eigenvalue weighted by atomic mass is 10.2. The molecule has 1 aromatic rings. The maximum absolute atomic E-state index is 11.8. The van der Waals surface area contributed by atoms with E-state index in [4.69, 9.17) is 9.47 Å². The maximum atomic E-state index is 11.8. The third kappa shape index (κ3) is 4.44. The first-order valence-electron chi connectivity index (χ1n) is 5.69. The summed E-state index contributed by atoms with van der Waals surface area (Å²) < 4.78 is 10.1. The number of para-hydroxylation sites is 1. The number of unbranched alkanes of at least 4 members (excludes halogenated alkanes) is 1. The topological polar surface area (TPSA) is 47.6 Å². The second-order valence-corrected chi connectivity index (χ2v) is 3.66. The number of carbonyl (C=O) groups is 1. The zero-order valence-electron chi connectivity index (χ0n) is 10.4. The fourth-order valence-corrected chi connectivity index (χ4v) is 1.50. The molecule has 0 fully saturated rings. The van der Waals surface area contributed by atoms with Crippen molar-refractivity contribution >= 4 is 5.91 Å². The van der Waals surface area contributed by atoms with E-state index >= 15 is 0 Å². The van der Waals surface area contributed by atoms with E-state index in [9.17, 15) is 4.79 Å². The summed E-state index contributed by atoms with van der Waals surface area (Å²) in [5.74, 6) is 0.502. The summed E-state index contributed by atoms with van der Waals surface area (Å²) >= 11 is 0. The number of ether oxygens (including phenoxy) is 2. The molecule has 94 valence electrons. The number of amides is 1. The molecule has 4 nitrogen and oxygen atoms in total. The summed E-state index contributed by atoms with van der Waals surface area (Å²) in [6.07, 6.45) is 1.86. The van der Waals surface area contributed by atoms with Crippen molar-refractivity contribution in [3.63, 3.8) is 0 Å². The van der Waals surface area contributed by atoms with Gasteiger partial charge in [0.2, 0.25) is 0 Å². The van der Waals surface area contributed by atoms with Gasteiger partial charge in [-0.2, -0.15) is 0 Å². The van der Waals surface area contributed by atoms with E-state index in [0.29, 0.717) is 17.9 Å². The third-order valence-corrected chi connectivity index (χ3v) is 2.41. The van der Waals surface area contributed by atoms with Crippen molar-refractivity contribution in [2.45, 2.75) is 12.8 Å². The number of nitrogens with one attached hydrogen (secondary N) is 1. The molecule has 0 aromatic heterocycles. The van der Waals surface area contributed by atoms with Crippen LogP contribution in [-0.4, -0.2) is 33.3 Å². The molecule has 17 heavy (non-hydrogen) atoms. The van der Waals surface area contributed by atoms with E-state index in [0.717, 1.165) is 19.4 Å². The van der Waals surface area contributed by atoms with Gasteiger partial charge in [0.1, 0.15) is 5.75 Å². The van der Waals surface area contributed by atoms with Crippen LogP contribution in [0.15, 0.2) is 24.3 Å². The van der Waals surface area contributed by atoms with Gasteiger partial charge in [-0.1, -0.05) is 12.1 Å². The molecule has 0 aliphatic heterocycles. The fraction of sp³-hybridized carbons (Fsp3) is 0.462. The largest absolute Gasteiger partial charge is 0.496 e. The highest BCUT2D eigenvalue weighted by Crippen LogP contribution is 2.16. The zero-order chi connectivity index (χ0) is 12.5. The average Bonchev–Trinajstić information content (AvgIpc) is 2.38. The number of hydrogen-bond donors (Lipinski definition) is 1. The fourth-order valence-electron chi connectivity index (χ4n) is 1.50. The minimum absolute atomic E-state index is 0.0973. The highest BCUT2D eigenvalue weighted by atomic mass is 16.5. The van der Waals surface area contributed by atoms with Crippen LogP contribution in [0.2, 0.25) is 0 Å². The molecule has 0 atom stereocenters. The van der Waals surface area contributed by atoms with Crippen LogP contribution in [0.25, 0.3) is 0 Å². The van der Waals surface area contributed by atoms with Gasteiger partial charge >= 0.3 is 0 Å². The quantitative estimate of drug-likeness (QED) is 0.736. The van der Waals surface area contributed by atoms with Crippen LogP contribution < -0.4 is 10.1 Å². The smallest absolute Gasteiger partial charge is 0.255 e. The summed E-state index contributed by atoms with van der Waals surface area (Å²) in [6, 6.07) is 7.19. The monoisotopic (exact) mass is 237 g/mol. The third-order valence-electron chi connectivity index (χ3n) is 2.41. The highest BCUT2D eigenvalue weighted by Gasteiger charge is 2.09. The van der Waals surface area contributed by atoms with E-state index in [1.807, 2.05) is 12.1 Å². The van der Waals surface area contributed by atoms with Gasteiger partial charge in [0.05, 0.1) is 12.7 Å². The average molecular weight is 237 g/mol. The molecule has 1 amide bonds. The Bertz CT molecular complexity index is 352. The molecular formula is C13H19NO3. The Hall–Kier alpha value is -1.55. The Morgan fingerprint density at radius 2 is 2.00 bits per heavy atom. The van der Waals surface area contributed by atoms with E-state index < -0.39 is 0 Å². The Kier molecular flexibility index (Phi) is 6.10. The second kappa shape index (κ2) is 7.68. The van der Waals surface area contributed by atoms with E-state index in [1.54, 1.807) is 26.4 Å². The molecule has 1 N–H and O–H groups in total. The number of methoxy groups -OCH3 is 2. The van der Waals surface area contributed by atoms with Gasteiger partial charge in [0, 0.05) is 20.3 Å². The summed E-state index contributed by atoms with van der Waals surface area (Å²) in [6.45, 7) is 1.38. The number of hydrogen-bond acceptors (Lipinski definition) is 3. The standard InChI is InChI=1S/C13H19NO3/c1-16-10-6-5-9-14-13(15)11-7-3-4-8-12(11)17-2/h3-4,7-8H,5-6,9-10H2,1-2H3,(H,14,15). The Morgan fingerprint density at radius 1 is 1.24 bits per heavy atom. The summed E-state index contributed by atoms with van der Waals surface area (Å²) in [4.78, 5) is 11.8. The molecule has 0 radical (unpaired) electrons. The van der Waals surface area contributed by atoms with Crippen LogP contribution in [0.5, 0.6) is 5.75 Å². The molecule has 0 saturated carbocycles. The highest BCUT2D eigenvalue weighted by molar-refractivity contribution is 5.96. The van der Waals surface area contributed by atoms with Crippen molar-refractivity contribution in [1.29, 1.82) is 0 Å². The molecule has 0 heterocycles. The summed E-state index contributed by atoms with van der Waals surface area (Å²) in [5.41, 5.74) is 0.571. The predicted molar refractivity (Wildman–Crippen MR) is 66.4 cm³/mol. The van der Waals surface area contributed by atoms with Gasteiger partial charge < -0.3 is 14.8 Å². The van der Waals surface area contributed by atoms with Crippen molar-refractivity contribution in [2.24, 2.45) is 0 Å². The Labute approximate surface area is 102 Å². The lowest BCUT2D eigenvalue weighted by Crippen LogP contribution is -2.25. The van der Waals surface area contributed by atoms with Gasteiger partial charge in [-0.3, -0.25) is 4.79 Å². The zero-order valence-corrected chi connectivity index (χ0v) is 10.4. The molecule has 0 aliphatic carbocycles. The van der Waals surface area contributed by atoms with E-state index in [-0.39, 0.29) is 5.91 Å². The van der Waals surface area contributed by atoms with Crippen molar-refractivity contribution in [3.8, 4) is 5.75 Å². The van der Waals surface area contributed by atoms with Crippen LogP contribution in [0.3, 0.4) is 0 Å². The number of rotatable bonds is 7. The van der Waals surface area contributed by atoms with Crippen LogP contribution in [-0.2, 0) is 4.74 Å². The van der Waals surface area contributed by atoms with Gasteiger partial charge in [-0.05, 0) is 25.0 Å². The molecule has 0 aliphatic rings. The van der Waals surface area contributed by atoms with Crippen LogP contribution in [0.4, 0.5) is 0 Å². The SMILES string of the molecule is COCCCCNC(=O)c1ccccc1OC. The summed E-state index contributed by atoms with van der Waals surface area (Å²) in [5, 5.41) is 2.86. The molecule has 0 saturated heterocycles. The van der Waals surface area contributed by atoms with Crippen LogP contribution in [0, 0.1) is 0 Å². The van der Waals surface area contributed by atoms with Gasteiger partial charge in [0.15, 0.2) is 0 Å². The van der Waals surface area contributed by atoms with Crippen LogP contribution >= 0.6 is 0 Å². The minimum atomic E-state index is -0.0973. The van der Waals surface area contributed by atoms with Gasteiger partial charge in [0.25, 0.3) is 5.91 Å². The van der Waals surface area contributed by atoms with E-state index in [1.165, 1.54) is 0 Å². The lowest BCUT2D eigenvalue weighted by Gasteiger charge is -2.08. The first kappa shape index (κ1) is 13.5. The second-order valence-electron chi connectivity index (χ2n) is 3.66. The first-order valence-corrected chi connectivity index (χ1v) is 5.69. The van der Waals surface area contributed by atoms with Crippen molar-refractivity contribution in [2.75, 3.05) is 27.4 Å².